The molecule has 1 aliphatic heterocycles. The largest absolute Gasteiger partial charge is 0.508 e. The Kier molecular flexibility index (Phi) is 11.7. The van der Waals surface area contributed by atoms with Gasteiger partial charge >= 0.3 is 5.97 Å². The molecule has 0 amide bonds. The van der Waals surface area contributed by atoms with E-state index in [1.165, 1.54) is 7.11 Å². The Hall–Kier alpha value is -3.60. The minimum atomic E-state index is -1.54. The van der Waals surface area contributed by atoms with Crippen LogP contribution in [0.25, 0.3) is 0 Å². The standard InChI is InChI=1S/C35H42O9/c1-21-15-29(38)28(34-33(41)32(40)31(39)30(20-36)44-34)19-25(21)16-24-13-11-22(12-14-24)9-6-10-27(37)18-26(35(42)43-2)17-23-7-4-3-5-8-23/h3-5,7-8,11-15,19,26,30-34,36,38-41H,6,9-10,16-18,20H2,1-2H3/t26-,30-,31-,32+,33-,34+/m1/s1. The molecule has 5 N–H and O–H groups in total. The molecular weight excluding hydrogens is 564 g/mol. The highest BCUT2D eigenvalue weighted by Gasteiger charge is 2.44. The summed E-state index contributed by atoms with van der Waals surface area (Å²) in [6.45, 7) is 1.31. The number of benzene rings is 3. The second kappa shape index (κ2) is 15.4. The number of ether oxygens (including phenoxy) is 2. The van der Waals surface area contributed by atoms with E-state index in [-0.39, 0.29) is 29.5 Å². The summed E-state index contributed by atoms with van der Waals surface area (Å²) in [5.41, 5.74) is 5.06. The molecule has 0 unspecified atom stereocenters. The lowest BCUT2D eigenvalue weighted by Crippen LogP contribution is -2.55. The van der Waals surface area contributed by atoms with Crippen LogP contribution in [0.5, 0.6) is 5.75 Å². The number of aryl methyl sites for hydroxylation is 2. The summed E-state index contributed by atoms with van der Waals surface area (Å²) in [6.07, 6.45) is -3.82. The molecule has 6 atom stereocenters. The molecule has 1 fully saturated rings. The van der Waals surface area contributed by atoms with E-state index in [1.54, 1.807) is 12.1 Å². The first-order chi connectivity index (χ1) is 21.1. The number of phenols is 1. The number of Topliss-reactive ketones (excluding diaryl/α,β-unsaturated/α-hetero) is 1. The van der Waals surface area contributed by atoms with Crippen LogP contribution in [0, 0.1) is 12.8 Å². The molecular formula is C35H42O9. The normalized spacial score (nSPS) is 22.4. The fourth-order valence-electron chi connectivity index (χ4n) is 5.75. The van der Waals surface area contributed by atoms with Crippen LogP contribution in [0.1, 0.15) is 58.7 Å². The highest BCUT2D eigenvalue weighted by molar-refractivity contribution is 5.84. The first-order valence-electron chi connectivity index (χ1n) is 14.9. The topological polar surface area (TPSA) is 154 Å². The Morgan fingerprint density at radius 1 is 0.909 bits per heavy atom. The van der Waals surface area contributed by atoms with E-state index < -0.39 is 43.0 Å². The molecule has 0 radical (unpaired) electrons. The monoisotopic (exact) mass is 606 g/mol. The van der Waals surface area contributed by atoms with Gasteiger partial charge in [0.2, 0.25) is 0 Å². The van der Waals surface area contributed by atoms with Crippen molar-refractivity contribution in [2.75, 3.05) is 13.7 Å². The number of aliphatic hydroxyl groups is 4. The van der Waals surface area contributed by atoms with Gasteiger partial charge in [-0.25, -0.2) is 0 Å². The number of rotatable bonds is 13. The Balaban J connectivity index is 1.34. The van der Waals surface area contributed by atoms with Crippen molar-refractivity contribution in [3.63, 3.8) is 0 Å². The molecule has 0 bridgehead atoms. The number of carbonyl (C=O) groups is 2. The van der Waals surface area contributed by atoms with Gasteiger partial charge in [0, 0.05) is 18.4 Å². The van der Waals surface area contributed by atoms with E-state index in [0.29, 0.717) is 32.1 Å². The van der Waals surface area contributed by atoms with Gasteiger partial charge in [0.25, 0.3) is 0 Å². The van der Waals surface area contributed by atoms with E-state index in [2.05, 4.69) is 0 Å². The number of esters is 1. The number of ketones is 1. The molecule has 236 valence electrons. The molecule has 4 rings (SSSR count). The zero-order valence-corrected chi connectivity index (χ0v) is 25.1. The van der Waals surface area contributed by atoms with Gasteiger partial charge in [-0.3, -0.25) is 9.59 Å². The smallest absolute Gasteiger partial charge is 0.309 e. The third kappa shape index (κ3) is 8.31. The van der Waals surface area contributed by atoms with Gasteiger partial charge in [-0.1, -0.05) is 54.6 Å². The molecule has 9 heteroatoms. The van der Waals surface area contributed by atoms with E-state index in [0.717, 1.165) is 27.8 Å². The van der Waals surface area contributed by atoms with Crippen molar-refractivity contribution in [2.24, 2.45) is 5.92 Å². The third-order valence-corrected chi connectivity index (χ3v) is 8.36. The van der Waals surface area contributed by atoms with Gasteiger partial charge in [-0.2, -0.15) is 0 Å². The van der Waals surface area contributed by atoms with Gasteiger partial charge in [0.1, 0.15) is 42.1 Å². The lowest BCUT2D eigenvalue weighted by atomic mass is 9.88. The predicted molar refractivity (Wildman–Crippen MR) is 163 cm³/mol. The summed E-state index contributed by atoms with van der Waals surface area (Å²) in [7, 11) is 1.34. The van der Waals surface area contributed by atoms with Crippen molar-refractivity contribution < 1.29 is 44.6 Å². The molecule has 3 aromatic rings. The SMILES string of the molecule is COC(=O)[C@@H](CC(=O)CCCc1ccc(Cc2cc([C@@H]3O[C@H](CO)[C@@H](O)[C@H](O)[C@H]3O)c(O)cc2C)cc1)Cc1ccccc1. The molecule has 0 aromatic heterocycles. The highest BCUT2D eigenvalue weighted by Crippen LogP contribution is 2.38. The Morgan fingerprint density at radius 3 is 2.25 bits per heavy atom. The Morgan fingerprint density at radius 2 is 1.59 bits per heavy atom. The van der Waals surface area contributed by atoms with Crippen molar-refractivity contribution in [1.29, 1.82) is 0 Å². The second-order valence-electron chi connectivity index (χ2n) is 11.6. The minimum absolute atomic E-state index is 0.0333. The van der Waals surface area contributed by atoms with E-state index in [4.69, 9.17) is 9.47 Å². The number of hydrogen-bond acceptors (Lipinski definition) is 9. The average molecular weight is 607 g/mol. The van der Waals surface area contributed by atoms with Crippen LogP contribution in [0.4, 0.5) is 0 Å². The highest BCUT2D eigenvalue weighted by atomic mass is 16.5. The van der Waals surface area contributed by atoms with Crippen LogP contribution in [0.15, 0.2) is 66.7 Å². The molecule has 0 saturated carbocycles. The average Bonchev–Trinajstić information content (AvgIpc) is 3.02. The molecule has 1 aliphatic rings. The summed E-state index contributed by atoms with van der Waals surface area (Å²) in [6, 6.07) is 20.9. The summed E-state index contributed by atoms with van der Waals surface area (Å²) in [4.78, 5) is 25.0. The number of phenolic OH excluding ortho intramolecular Hbond substituents is 1. The maximum atomic E-state index is 12.7. The maximum Gasteiger partial charge on any atom is 0.309 e. The van der Waals surface area contributed by atoms with Crippen molar-refractivity contribution in [1.82, 2.24) is 0 Å². The van der Waals surface area contributed by atoms with Crippen molar-refractivity contribution >= 4 is 11.8 Å². The lowest BCUT2D eigenvalue weighted by Gasteiger charge is -2.40. The fourth-order valence-corrected chi connectivity index (χ4v) is 5.75. The third-order valence-electron chi connectivity index (χ3n) is 8.36. The van der Waals surface area contributed by atoms with Gasteiger partial charge in [-0.15, -0.1) is 0 Å². The van der Waals surface area contributed by atoms with Gasteiger partial charge in [-0.05, 0) is 72.6 Å². The zero-order chi connectivity index (χ0) is 31.8. The molecule has 1 saturated heterocycles. The van der Waals surface area contributed by atoms with E-state index >= 15 is 0 Å². The van der Waals surface area contributed by atoms with Crippen LogP contribution in [-0.2, 0) is 38.3 Å². The van der Waals surface area contributed by atoms with Crippen LogP contribution in [0.3, 0.4) is 0 Å². The Labute approximate surface area is 257 Å². The summed E-state index contributed by atoms with van der Waals surface area (Å²) in [5, 5.41) is 51.0. The first kappa shape index (κ1) is 33.3. The molecule has 0 spiro atoms. The fraction of sp³-hybridized carbons (Fsp3) is 0.429. The molecule has 1 heterocycles. The molecule has 3 aromatic carbocycles. The number of aliphatic hydroxyl groups excluding tert-OH is 4. The number of aromatic hydroxyl groups is 1. The quantitative estimate of drug-likeness (QED) is 0.185. The molecule has 9 nitrogen and oxygen atoms in total. The molecule has 44 heavy (non-hydrogen) atoms. The maximum absolute atomic E-state index is 12.7. The van der Waals surface area contributed by atoms with Crippen LogP contribution in [-0.4, -0.2) is 75.4 Å². The predicted octanol–water partition coefficient (Wildman–Crippen LogP) is 3.12. The van der Waals surface area contributed by atoms with Gasteiger partial charge < -0.3 is 35.0 Å². The lowest BCUT2D eigenvalue weighted by molar-refractivity contribution is -0.232. The number of methoxy groups -OCH3 is 1. The van der Waals surface area contributed by atoms with Crippen molar-refractivity contribution in [3.05, 3.63) is 100 Å². The first-order valence-corrected chi connectivity index (χ1v) is 14.9. The van der Waals surface area contributed by atoms with Gasteiger partial charge in [0.15, 0.2) is 0 Å². The van der Waals surface area contributed by atoms with Crippen LogP contribution < -0.4 is 0 Å². The van der Waals surface area contributed by atoms with Crippen LogP contribution in [0.2, 0.25) is 0 Å². The summed E-state index contributed by atoms with van der Waals surface area (Å²) >= 11 is 0. The summed E-state index contributed by atoms with van der Waals surface area (Å²) < 4.78 is 10.6. The van der Waals surface area contributed by atoms with E-state index in [9.17, 15) is 35.1 Å². The zero-order valence-electron chi connectivity index (χ0n) is 25.1. The van der Waals surface area contributed by atoms with Crippen LogP contribution >= 0.6 is 0 Å². The molecule has 0 aliphatic carbocycles. The van der Waals surface area contributed by atoms with Gasteiger partial charge in [0.05, 0.1) is 19.6 Å². The minimum Gasteiger partial charge on any atom is -0.508 e. The Bertz CT molecular complexity index is 1390. The number of carbonyl (C=O) groups excluding carboxylic acids is 2. The van der Waals surface area contributed by atoms with Crippen molar-refractivity contribution in [3.8, 4) is 5.75 Å². The second-order valence-corrected chi connectivity index (χ2v) is 11.6. The summed E-state index contributed by atoms with van der Waals surface area (Å²) in [5.74, 6) is -0.954. The van der Waals surface area contributed by atoms with E-state index in [1.807, 2.05) is 61.5 Å². The van der Waals surface area contributed by atoms with Crippen molar-refractivity contribution in [2.45, 2.75) is 76.0 Å². The number of hydrogen-bond donors (Lipinski definition) is 5.